The first-order valence-electron chi connectivity index (χ1n) is 5.77. The van der Waals surface area contributed by atoms with Gasteiger partial charge in [0.05, 0.1) is 11.3 Å². The van der Waals surface area contributed by atoms with Crippen molar-refractivity contribution in [3.05, 3.63) is 0 Å². The summed E-state index contributed by atoms with van der Waals surface area (Å²) in [6, 6.07) is 0. The lowest BCUT2D eigenvalue weighted by atomic mass is 9.82. The van der Waals surface area contributed by atoms with Crippen molar-refractivity contribution in [2.75, 3.05) is 19.6 Å². The minimum atomic E-state index is -0.829. The van der Waals surface area contributed by atoms with Crippen molar-refractivity contribution < 1.29 is 14.7 Å². The monoisotopic (exact) mass is 228 g/mol. The Morgan fingerprint density at radius 1 is 1.38 bits per heavy atom. The maximum Gasteiger partial charge on any atom is 0.311 e. The average molecular weight is 228 g/mol. The highest BCUT2D eigenvalue weighted by Gasteiger charge is 2.36. The number of rotatable bonds is 6. The normalized spacial score (nSPS) is 16.6. The Balaban J connectivity index is 2.48. The lowest BCUT2D eigenvalue weighted by molar-refractivity contribution is -0.149. The number of hydrogen-bond acceptors (Lipinski definition) is 3. The smallest absolute Gasteiger partial charge is 0.311 e. The van der Waals surface area contributed by atoms with E-state index in [2.05, 4.69) is 10.6 Å². The van der Waals surface area contributed by atoms with E-state index in [1.54, 1.807) is 0 Å². The quantitative estimate of drug-likeness (QED) is 0.607. The van der Waals surface area contributed by atoms with Crippen LogP contribution in [-0.2, 0) is 9.59 Å². The van der Waals surface area contributed by atoms with Gasteiger partial charge in [-0.15, -0.1) is 0 Å². The molecule has 5 nitrogen and oxygen atoms in total. The number of nitrogens with one attached hydrogen (secondary N) is 2. The second-order valence-electron chi connectivity index (χ2n) is 4.37. The first kappa shape index (κ1) is 13.0. The Kier molecular flexibility index (Phi) is 4.29. The molecule has 0 atom stereocenters. The number of carbonyl (C=O) groups is 2. The Hall–Kier alpha value is -1.10. The molecule has 1 aliphatic heterocycles. The third-order valence-corrected chi connectivity index (χ3v) is 3.56. The number of aliphatic carboxylic acids is 1. The van der Waals surface area contributed by atoms with E-state index in [-0.39, 0.29) is 18.4 Å². The molecular weight excluding hydrogens is 208 g/mol. The van der Waals surface area contributed by atoms with Crippen molar-refractivity contribution in [1.82, 2.24) is 10.6 Å². The molecule has 1 aliphatic rings. The van der Waals surface area contributed by atoms with E-state index >= 15 is 0 Å². The van der Waals surface area contributed by atoms with Gasteiger partial charge in [-0.1, -0.05) is 13.8 Å². The number of carbonyl (C=O) groups excluding carboxylic acids is 1. The van der Waals surface area contributed by atoms with E-state index in [0.29, 0.717) is 25.9 Å². The van der Waals surface area contributed by atoms with Gasteiger partial charge in [0, 0.05) is 19.6 Å². The van der Waals surface area contributed by atoms with Gasteiger partial charge in [0.1, 0.15) is 0 Å². The largest absolute Gasteiger partial charge is 0.481 e. The lowest BCUT2D eigenvalue weighted by Gasteiger charge is -2.30. The average Bonchev–Trinajstić information content (AvgIpc) is 2.17. The van der Waals surface area contributed by atoms with Crippen LogP contribution in [-0.4, -0.2) is 36.6 Å². The predicted molar refractivity (Wildman–Crippen MR) is 60.0 cm³/mol. The molecule has 0 radical (unpaired) electrons. The first-order valence-corrected chi connectivity index (χ1v) is 5.77. The highest BCUT2D eigenvalue weighted by Crippen LogP contribution is 2.25. The summed E-state index contributed by atoms with van der Waals surface area (Å²) in [5.41, 5.74) is -0.813. The van der Waals surface area contributed by atoms with Gasteiger partial charge in [-0.25, -0.2) is 0 Å². The summed E-state index contributed by atoms with van der Waals surface area (Å²) in [7, 11) is 0. The van der Waals surface area contributed by atoms with Crippen LogP contribution in [0, 0.1) is 11.3 Å². The molecule has 1 heterocycles. The van der Waals surface area contributed by atoms with Gasteiger partial charge in [-0.05, 0) is 12.8 Å². The fourth-order valence-corrected chi connectivity index (χ4v) is 1.75. The molecule has 1 fully saturated rings. The summed E-state index contributed by atoms with van der Waals surface area (Å²) in [6.07, 6.45) is 1.06. The van der Waals surface area contributed by atoms with Gasteiger partial charge in [0.25, 0.3) is 0 Å². The summed E-state index contributed by atoms with van der Waals surface area (Å²) < 4.78 is 0. The van der Waals surface area contributed by atoms with Crippen molar-refractivity contribution in [2.45, 2.75) is 26.7 Å². The fraction of sp³-hybridized carbons (Fsp3) is 0.818. The summed E-state index contributed by atoms with van der Waals surface area (Å²) in [5.74, 6) is -0.851. The SMILES string of the molecule is CCC(CC)(CNC(=O)C1CNC1)C(=O)O. The van der Waals surface area contributed by atoms with Gasteiger partial charge >= 0.3 is 5.97 Å². The molecule has 0 aromatic carbocycles. The highest BCUT2D eigenvalue weighted by molar-refractivity contribution is 5.81. The van der Waals surface area contributed by atoms with Crippen LogP contribution >= 0.6 is 0 Å². The molecular formula is C11H20N2O3. The molecule has 92 valence electrons. The molecule has 1 saturated heterocycles. The van der Waals surface area contributed by atoms with Crippen molar-refractivity contribution in [3.63, 3.8) is 0 Å². The van der Waals surface area contributed by atoms with Crippen LogP contribution < -0.4 is 10.6 Å². The first-order chi connectivity index (χ1) is 7.55. The van der Waals surface area contributed by atoms with E-state index < -0.39 is 11.4 Å². The summed E-state index contributed by atoms with van der Waals surface area (Å²) >= 11 is 0. The standard InChI is InChI=1S/C11H20N2O3/c1-3-11(4-2,10(15)16)7-13-9(14)8-5-12-6-8/h8,12H,3-7H2,1-2H3,(H,13,14)(H,15,16). The molecule has 1 rings (SSSR count). The third kappa shape index (κ3) is 2.52. The molecule has 0 spiro atoms. The highest BCUT2D eigenvalue weighted by atomic mass is 16.4. The maximum atomic E-state index is 11.6. The van der Waals surface area contributed by atoms with Gasteiger partial charge < -0.3 is 15.7 Å². The fourth-order valence-electron chi connectivity index (χ4n) is 1.75. The van der Waals surface area contributed by atoms with E-state index in [1.807, 2.05) is 13.8 Å². The Morgan fingerprint density at radius 2 is 1.94 bits per heavy atom. The number of amides is 1. The molecule has 0 aromatic rings. The Morgan fingerprint density at radius 3 is 2.25 bits per heavy atom. The minimum Gasteiger partial charge on any atom is -0.481 e. The van der Waals surface area contributed by atoms with Crippen LogP contribution in [0.3, 0.4) is 0 Å². The van der Waals surface area contributed by atoms with E-state index in [4.69, 9.17) is 0 Å². The van der Waals surface area contributed by atoms with Crippen LogP contribution in [0.4, 0.5) is 0 Å². The van der Waals surface area contributed by atoms with Crippen molar-refractivity contribution in [3.8, 4) is 0 Å². The maximum absolute atomic E-state index is 11.6. The molecule has 0 aliphatic carbocycles. The minimum absolute atomic E-state index is 0.0141. The molecule has 3 N–H and O–H groups in total. The second-order valence-corrected chi connectivity index (χ2v) is 4.37. The van der Waals surface area contributed by atoms with Crippen molar-refractivity contribution in [1.29, 1.82) is 0 Å². The lowest BCUT2D eigenvalue weighted by Crippen LogP contribution is -2.53. The van der Waals surface area contributed by atoms with Crippen LogP contribution in [0.25, 0.3) is 0 Å². The van der Waals surface area contributed by atoms with E-state index in [9.17, 15) is 14.7 Å². The number of carboxylic acids is 1. The summed E-state index contributed by atoms with van der Waals surface area (Å²) in [4.78, 5) is 22.8. The molecule has 16 heavy (non-hydrogen) atoms. The van der Waals surface area contributed by atoms with Gasteiger partial charge in [0.2, 0.25) is 5.91 Å². The summed E-state index contributed by atoms with van der Waals surface area (Å²) in [6.45, 7) is 5.31. The molecule has 0 unspecified atom stereocenters. The molecule has 0 bridgehead atoms. The zero-order chi connectivity index (χ0) is 12.2. The third-order valence-electron chi connectivity index (χ3n) is 3.56. The topological polar surface area (TPSA) is 78.4 Å². The summed E-state index contributed by atoms with van der Waals surface area (Å²) in [5, 5.41) is 14.9. The molecule has 5 heteroatoms. The molecule has 1 amide bonds. The zero-order valence-corrected chi connectivity index (χ0v) is 9.88. The van der Waals surface area contributed by atoms with Gasteiger partial charge in [-0.2, -0.15) is 0 Å². The molecule has 0 saturated carbocycles. The van der Waals surface area contributed by atoms with Crippen molar-refractivity contribution >= 4 is 11.9 Å². The number of hydrogen-bond donors (Lipinski definition) is 3. The number of carboxylic acid groups (broad SMARTS) is 1. The Labute approximate surface area is 95.6 Å². The second kappa shape index (κ2) is 5.30. The van der Waals surface area contributed by atoms with Gasteiger partial charge in [0.15, 0.2) is 0 Å². The van der Waals surface area contributed by atoms with Crippen LogP contribution in [0.2, 0.25) is 0 Å². The predicted octanol–water partition coefficient (Wildman–Crippen LogP) is 0.213. The Bertz CT molecular complexity index is 270. The van der Waals surface area contributed by atoms with Crippen LogP contribution in [0.15, 0.2) is 0 Å². The zero-order valence-electron chi connectivity index (χ0n) is 9.88. The molecule has 0 aromatic heterocycles. The van der Waals surface area contributed by atoms with E-state index in [0.717, 1.165) is 0 Å². The van der Waals surface area contributed by atoms with E-state index in [1.165, 1.54) is 0 Å². The van der Waals surface area contributed by atoms with Crippen molar-refractivity contribution in [2.24, 2.45) is 11.3 Å². The van der Waals surface area contributed by atoms with Gasteiger partial charge in [-0.3, -0.25) is 9.59 Å². The van der Waals surface area contributed by atoms with Crippen LogP contribution in [0.5, 0.6) is 0 Å². The van der Waals surface area contributed by atoms with Crippen LogP contribution in [0.1, 0.15) is 26.7 Å².